The SMILES string of the molecule is CCC(N1CCC(OC(c2ccccc2)c2ccccc2)CC1)n1cc2ccc(F)cc2c1. The molecule has 0 amide bonds. The highest BCUT2D eigenvalue weighted by atomic mass is 19.1. The molecule has 1 aromatic heterocycles. The van der Waals surface area contributed by atoms with Crippen LogP contribution >= 0.6 is 0 Å². The Morgan fingerprint density at radius 3 is 2.06 bits per heavy atom. The largest absolute Gasteiger partial charge is 0.365 e. The Morgan fingerprint density at radius 2 is 1.45 bits per heavy atom. The van der Waals surface area contributed by atoms with Gasteiger partial charge in [0.15, 0.2) is 0 Å². The van der Waals surface area contributed by atoms with Crippen LogP contribution in [-0.2, 0) is 4.74 Å². The van der Waals surface area contributed by atoms with Crippen LogP contribution in [0.2, 0.25) is 0 Å². The average molecular weight is 443 g/mol. The number of likely N-dealkylation sites (tertiary alicyclic amines) is 1. The Balaban J connectivity index is 1.28. The van der Waals surface area contributed by atoms with Crippen molar-refractivity contribution in [2.75, 3.05) is 13.1 Å². The molecule has 1 aliphatic rings. The third-order valence-corrected chi connectivity index (χ3v) is 6.77. The van der Waals surface area contributed by atoms with E-state index in [1.54, 1.807) is 6.07 Å². The van der Waals surface area contributed by atoms with Gasteiger partial charge in [-0.3, -0.25) is 4.90 Å². The van der Waals surface area contributed by atoms with E-state index < -0.39 is 0 Å². The van der Waals surface area contributed by atoms with Gasteiger partial charge in [0.25, 0.3) is 0 Å². The summed E-state index contributed by atoms with van der Waals surface area (Å²) < 4.78 is 22.6. The van der Waals surface area contributed by atoms with Crippen molar-refractivity contribution in [2.24, 2.45) is 0 Å². The average Bonchev–Trinajstić information content (AvgIpc) is 3.27. The summed E-state index contributed by atoms with van der Waals surface area (Å²) in [5, 5.41) is 2.04. The molecule has 1 saturated heterocycles. The Hall–Kier alpha value is -2.95. The number of hydrogen-bond donors (Lipinski definition) is 0. The van der Waals surface area contributed by atoms with E-state index in [2.05, 4.69) is 77.3 Å². The van der Waals surface area contributed by atoms with Gasteiger partial charge in [-0.05, 0) is 54.0 Å². The first kappa shape index (κ1) is 21.9. The third kappa shape index (κ3) is 4.87. The van der Waals surface area contributed by atoms with Crippen LogP contribution < -0.4 is 0 Å². The van der Waals surface area contributed by atoms with E-state index in [0.29, 0.717) is 0 Å². The lowest BCUT2D eigenvalue weighted by Gasteiger charge is -2.39. The summed E-state index contributed by atoms with van der Waals surface area (Å²) >= 11 is 0. The van der Waals surface area contributed by atoms with E-state index in [0.717, 1.165) is 43.1 Å². The van der Waals surface area contributed by atoms with Crippen LogP contribution in [-0.4, -0.2) is 28.7 Å². The molecule has 1 unspecified atom stereocenters. The zero-order valence-electron chi connectivity index (χ0n) is 19.1. The Labute approximate surface area is 195 Å². The maximum absolute atomic E-state index is 13.6. The lowest BCUT2D eigenvalue weighted by Crippen LogP contribution is -2.41. The second-order valence-electron chi connectivity index (χ2n) is 8.94. The number of piperidine rings is 1. The van der Waals surface area contributed by atoms with Gasteiger partial charge in [-0.1, -0.05) is 67.6 Å². The Morgan fingerprint density at radius 1 is 0.848 bits per heavy atom. The van der Waals surface area contributed by atoms with Crippen LogP contribution in [0.5, 0.6) is 0 Å². The summed E-state index contributed by atoms with van der Waals surface area (Å²) in [7, 11) is 0. The van der Waals surface area contributed by atoms with Gasteiger partial charge in [0.05, 0.1) is 12.3 Å². The minimum Gasteiger partial charge on any atom is -0.365 e. The number of fused-ring (bicyclic) bond motifs is 1. The highest BCUT2D eigenvalue weighted by Crippen LogP contribution is 2.32. The molecule has 0 saturated carbocycles. The summed E-state index contributed by atoms with van der Waals surface area (Å²) in [5.74, 6) is -0.183. The van der Waals surface area contributed by atoms with Crippen molar-refractivity contribution in [1.82, 2.24) is 9.47 Å². The first-order valence-electron chi connectivity index (χ1n) is 12.0. The number of rotatable bonds is 7. The summed E-state index contributed by atoms with van der Waals surface area (Å²) in [4.78, 5) is 2.54. The van der Waals surface area contributed by atoms with E-state index in [9.17, 15) is 4.39 Å². The van der Waals surface area contributed by atoms with E-state index >= 15 is 0 Å². The van der Waals surface area contributed by atoms with Crippen LogP contribution in [0.1, 0.15) is 49.6 Å². The first-order valence-corrected chi connectivity index (χ1v) is 12.0. The van der Waals surface area contributed by atoms with Gasteiger partial charge in [-0.25, -0.2) is 4.39 Å². The lowest BCUT2D eigenvalue weighted by atomic mass is 10.00. The van der Waals surface area contributed by atoms with E-state index in [1.165, 1.54) is 17.2 Å². The zero-order valence-corrected chi connectivity index (χ0v) is 19.1. The first-order chi connectivity index (χ1) is 16.2. The normalized spacial score (nSPS) is 16.5. The molecule has 1 atom stereocenters. The third-order valence-electron chi connectivity index (χ3n) is 6.77. The number of hydrogen-bond acceptors (Lipinski definition) is 2. The minimum absolute atomic E-state index is 0.0458. The van der Waals surface area contributed by atoms with Crippen molar-refractivity contribution >= 4 is 10.8 Å². The van der Waals surface area contributed by atoms with Crippen LogP contribution in [0.15, 0.2) is 91.3 Å². The van der Waals surface area contributed by atoms with E-state index in [-0.39, 0.29) is 24.2 Å². The van der Waals surface area contributed by atoms with E-state index in [4.69, 9.17) is 4.74 Å². The van der Waals surface area contributed by atoms with Crippen LogP contribution in [0.25, 0.3) is 10.8 Å². The predicted octanol–water partition coefficient (Wildman–Crippen LogP) is 6.96. The molecule has 0 aliphatic carbocycles. The van der Waals surface area contributed by atoms with Gasteiger partial charge < -0.3 is 9.30 Å². The zero-order chi connectivity index (χ0) is 22.6. The molecule has 0 radical (unpaired) electrons. The number of aromatic nitrogens is 1. The molecule has 3 aromatic carbocycles. The fraction of sp³-hybridized carbons (Fsp3) is 0.310. The fourth-order valence-corrected chi connectivity index (χ4v) is 5.07. The number of ether oxygens (including phenoxy) is 1. The molecule has 0 N–H and O–H groups in total. The quantitative estimate of drug-likeness (QED) is 0.308. The predicted molar refractivity (Wildman–Crippen MR) is 132 cm³/mol. The summed E-state index contributed by atoms with van der Waals surface area (Å²) in [6.45, 7) is 4.20. The second-order valence-corrected chi connectivity index (χ2v) is 8.94. The van der Waals surface area contributed by atoms with Gasteiger partial charge in [0.2, 0.25) is 0 Å². The van der Waals surface area contributed by atoms with Crippen molar-refractivity contribution < 1.29 is 9.13 Å². The van der Waals surface area contributed by atoms with Crippen molar-refractivity contribution in [3.63, 3.8) is 0 Å². The molecule has 0 bridgehead atoms. The van der Waals surface area contributed by atoms with Crippen molar-refractivity contribution in [3.8, 4) is 0 Å². The molecule has 2 heterocycles. The molecule has 4 heteroatoms. The number of halogens is 1. The van der Waals surface area contributed by atoms with Crippen molar-refractivity contribution in [2.45, 2.75) is 44.6 Å². The number of nitrogens with zero attached hydrogens (tertiary/aromatic N) is 2. The van der Waals surface area contributed by atoms with E-state index in [1.807, 2.05) is 18.2 Å². The molecule has 5 rings (SSSR count). The number of benzene rings is 3. The second kappa shape index (κ2) is 9.90. The van der Waals surface area contributed by atoms with Crippen LogP contribution in [0.4, 0.5) is 4.39 Å². The molecule has 0 spiro atoms. The summed E-state index contributed by atoms with van der Waals surface area (Å²) in [6, 6.07) is 26.0. The van der Waals surface area contributed by atoms with Crippen LogP contribution in [0.3, 0.4) is 0 Å². The monoisotopic (exact) mass is 442 g/mol. The maximum atomic E-state index is 13.6. The van der Waals surface area contributed by atoms with Gasteiger partial charge >= 0.3 is 0 Å². The minimum atomic E-state index is -0.183. The molecular weight excluding hydrogens is 411 g/mol. The van der Waals surface area contributed by atoms with Gasteiger partial charge in [-0.15, -0.1) is 0 Å². The topological polar surface area (TPSA) is 17.4 Å². The molecule has 1 aliphatic heterocycles. The van der Waals surface area contributed by atoms with Gasteiger partial charge in [0, 0.05) is 30.9 Å². The van der Waals surface area contributed by atoms with Gasteiger partial charge in [-0.2, -0.15) is 0 Å². The summed E-state index contributed by atoms with van der Waals surface area (Å²) in [5.41, 5.74) is 2.40. The molecule has 1 fully saturated rings. The van der Waals surface area contributed by atoms with Crippen molar-refractivity contribution in [3.05, 3.63) is 108 Å². The van der Waals surface area contributed by atoms with Crippen LogP contribution in [0, 0.1) is 5.82 Å². The summed E-state index contributed by atoms with van der Waals surface area (Å²) in [6.07, 6.45) is 7.69. The smallest absolute Gasteiger partial charge is 0.123 e. The fourth-order valence-electron chi connectivity index (χ4n) is 5.07. The van der Waals surface area contributed by atoms with Crippen molar-refractivity contribution in [1.29, 1.82) is 0 Å². The van der Waals surface area contributed by atoms with Gasteiger partial charge in [0.1, 0.15) is 11.9 Å². The molecular formula is C29H31FN2O. The Kier molecular flexibility index (Phi) is 6.56. The molecule has 3 nitrogen and oxygen atoms in total. The highest BCUT2D eigenvalue weighted by molar-refractivity contribution is 5.82. The molecule has 170 valence electrons. The lowest BCUT2D eigenvalue weighted by molar-refractivity contribution is -0.0402. The molecule has 33 heavy (non-hydrogen) atoms. The standard InChI is InChI=1S/C29H31FN2O/c1-2-28(32-20-24-13-14-26(30)19-25(24)21-32)31-17-15-27(16-18-31)33-29(22-9-5-3-6-10-22)23-11-7-4-8-12-23/h3-14,19-21,27-29H,2,15-18H2,1H3. The maximum Gasteiger partial charge on any atom is 0.123 e. The Bertz CT molecular complexity index is 1130. The molecule has 4 aromatic rings. The highest BCUT2D eigenvalue weighted by Gasteiger charge is 2.28.